The quantitative estimate of drug-likeness (QED) is 0.781. The minimum Gasteiger partial charge on any atom is -0.392 e. The van der Waals surface area contributed by atoms with Crippen LogP contribution in [0, 0.1) is 0 Å². The molecule has 22 heavy (non-hydrogen) atoms. The molecule has 2 unspecified atom stereocenters. The highest BCUT2D eigenvalue weighted by atomic mass is 35.5. The molecule has 0 aliphatic heterocycles. The predicted molar refractivity (Wildman–Crippen MR) is 87.0 cm³/mol. The van der Waals surface area contributed by atoms with Crippen LogP contribution in [0.4, 0.5) is 0 Å². The Labute approximate surface area is 135 Å². The Bertz CT molecular complexity index is 571. The minimum atomic E-state index is -0.463. The van der Waals surface area contributed by atoms with Gasteiger partial charge in [0.05, 0.1) is 12.1 Å². The highest BCUT2D eigenvalue weighted by molar-refractivity contribution is 6.30. The van der Waals surface area contributed by atoms with Gasteiger partial charge in [-0.05, 0) is 24.1 Å². The van der Waals surface area contributed by atoms with Crippen LogP contribution >= 0.6 is 11.6 Å². The smallest absolute Gasteiger partial charge is 0.130 e. The van der Waals surface area contributed by atoms with E-state index >= 15 is 0 Å². The van der Waals surface area contributed by atoms with Gasteiger partial charge in [0.25, 0.3) is 0 Å². The molecule has 0 aliphatic carbocycles. The van der Waals surface area contributed by atoms with Gasteiger partial charge in [0, 0.05) is 44.7 Å². The molecule has 1 aromatic heterocycles. The lowest BCUT2D eigenvalue weighted by molar-refractivity contribution is 0.107. The van der Waals surface area contributed by atoms with Gasteiger partial charge >= 0.3 is 0 Å². The first-order valence-corrected chi connectivity index (χ1v) is 7.62. The average molecular weight is 324 g/mol. The summed E-state index contributed by atoms with van der Waals surface area (Å²) in [5, 5.41) is 14.1. The number of rotatable bonds is 8. The second-order valence-corrected chi connectivity index (χ2v) is 5.66. The van der Waals surface area contributed by atoms with E-state index in [2.05, 4.69) is 10.3 Å². The van der Waals surface area contributed by atoms with E-state index < -0.39 is 6.10 Å². The summed E-state index contributed by atoms with van der Waals surface area (Å²) in [6.07, 6.45) is 3.80. The van der Waals surface area contributed by atoms with Crippen LogP contribution in [0.25, 0.3) is 0 Å². The first-order valence-electron chi connectivity index (χ1n) is 7.25. The fourth-order valence-electron chi connectivity index (χ4n) is 2.28. The number of imidazole rings is 1. The van der Waals surface area contributed by atoms with Crippen molar-refractivity contribution in [2.45, 2.75) is 18.6 Å². The SMILES string of the molecule is COCCC(O)CNC(c1ccc(Cl)cc1)c1nccn1C. The number of hydrogen-bond donors (Lipinski definition) is 2. The number of nitrogens with zero attached hydrogens (tertiary/aromatic N) is 2. The number of aromatic nitrogens is 2. The van der Waals surface area contributed by atoms with Crippen molar-refractivity contribution in [2.24, 2.45) is 7.05 Å². The van der Waals surface area contributed by atoms with E-state index in [0.29, 0.717) is 24.6 Å². The van der Waals surface area contributed by atoms with Crippen LogP contribution in [0.3, 0.4) is 0 Å². The first-order chi connectivity index (χ1) is 10.6. The van der Waals surface area contributed by atoms with Crippen molar-refractivity contribution in [3.63, 3.8) is 0 Å². The molecule has 2 atom stereocenters. The minimum absolute atomic E-state index is 0.102. The van der Waals surface area contributed by atoms with Gasteiger partial charge in [0.1, 0.15) is 5.82 Å². The molecule has 2 aromatic rings. The number of aliphatic hydroxyl groups is 1. The maximum atomic E-state index is 10.00. The van der Waals surface area contributed by atoms with Crippen LogP contribution < -0.4 is 5.32 Å². The van der Waals surface area contributed by atoms with Crippen LogP contribution in [0.1, 0.15) is 23.9 Å². The van der Waals surface area contributed by atoms with Gasteiger partial charge in [-0.15, -0.1) is 0 Å². The van der Waals surface area contributed by atoms with E-state index in [0.717, 1.165) is 11.4 Å². The lowest BCUT2D eigenvalue weighted by Crippen LogP contribution is -2.33. The van der Waals surface area contributed by atoms with Gasteiger partial charge in [0.2, 0.25) is 0 Å². The highest BCUT2D eigenvalue weighted by Gasteiger charge is 2.19. The molecule has 0 bridgehead atoms. The maximum Gasteiger partial charge on any atom is 0.130 e. The second-order valence-electron chi connectivity index (χ2n) is 5.22. The van der Waals surface area contributed by atoms with Crippen molar-refractivity contribution >= 4 is 11.6 Å². The van der Waals surface area contributed by atoms with Crippen molar-refractivity contribution in [3.8, 4) is 0 Å². The Hall–Kier alpha value is -1.40. The van der Waals surface area contributed by atoms with Crippen molar-refractivity contribution in [1.29, 1.82) is 0 Å². The van der Waals surface area contributed by atoms with E-state index in [1.54, 1.807) is 13.3 Å². The maximum absolute atomic E-state index is 10.00. The number of ether oxygens (including phenoxy) is 1. The topological polar surface area (TPSA) is 59.3 Å². The lowest BCUT2D eigenvalue weighted by Gasteiger charge is -2.21. The molecule has 0 spiro atoms. The van der Waals surface area contributed by atoms with Gasteiger partial charge in [-0.2, -0.15) is 0 Å². The van der Waals surface area contributed by atoms with Gasteiger partial charge in [-0.25, -0.2) is 4.98 Å². The number of aliphatic hydroxyl groups excluding tert-OH is 1. The Morgan fingerprint density at radius 2 is 2.09 bits per heavy atom. The summed E-state index contributed by atoms with van der Waals surface area (Å²) in [5.41, 5.74) is 1.05. The van der Waals surface area contributed by atoms with E-state index in [1.165, 1.54) is 0 Å². The normalized spacial score (nSPS) is 14.0. The zero-order valence-corrected chi connectivity index (χ0v) is 13.6. The summed E-state index contributed by atoms with van der Waals surface area (Å²) in [7, 11) is 3.58. The highest BCUT2D eigenvalue weighted by Crippen LogP contribution is 2.22. The molecule has 6 heteroatoms. The van der Waals surface area contributed by atoms with E-state index in [-0.39, 0.29) is 6.04 Å². The second kappa shape index (κ2) is 8.29. The number of hydrogen-bond acceptors (Lipinski definition) is 4. The van der Waals surface area contributed by atoms with Gasteiger partial charge in [-0.3, -0.25) is 0 Å². The van der Waals surface area contributed by atoms with Crippen molar-refractivity contribution in [3.05, 3.63) is 53.1 Å². The summed E-state index contributed by atoms with van der Waals surface area (Å²) in [4.78, 5) is 4.42. The molecule has 120 valence electrons. The van der Waals surface area contributed by atoms with Gasteiger partial charge in [0.15, 0.2) is 0 Å². The molecular formula is C16H22ClN3O2. The average Bonchev–Trinajstić information content (AvgIpc) is 2.93. The zero-order valence-electron chi connectivity index (χ0n) is 12.9. The Morgan fingerprint density at radius 3 is 2.68 bits per heavy atom. The molecule has 0 amide bonds. The molecule has 2 rings (SSSR count). The van der Waals surface area contributed by atoms with Crippen molar-refractivity contribution < 1.29 is 9.84 Å². The van der Waals surface area contributed by atoms with Crippen molar-refractivity contribution in [2.75, 3.05) is 20.3 Å². The van der Waals surface area contributed by atoms with E-state index in [4.69, 9.17) is 16.3 Å². The molecule has 0 aliphatic rings. The number of halogens is 1. The summed E-state index contributed by atoms with van der Waals surface area (Å²) < 4.78 is 6.96. The third-order valence-corrected chi connectivity index (χ3v) is 3.78. The van der Waals surface area contributed by atoms with Crippen LogP contribution in [0.15, 0.2) is 36.7 Å². The number of aryl methyl sites for hydroxylation is 1. The van der Waals surface area contributed by atoms with Gasteiger partial charge < -0.3 is 19.7 Å². The van der Waals surface area contributed by atoms with Crippen LogP contribution in [-0.4, -0.2) is 41.0 Å². The van der Waals surface area contributed by atoms with E-state index in [1.807, 2.05) is 42.1 Å². The molecule has 1 heterocycles. The molecule has 2 N–H and O–H groups in total. The first kappa shape index (κ1) is 17.0. The van der Waals surface area contributed by atoms with Gasteiger partial charge in [-0.1, -0.05) is 23.7 Å². The van der Waals surface area contributed by atoms with E-state index in [9.17, 15) is 5.11 Å². The van der Waals surface area contributed by atoms with Crippen LogP contribution in [0.5, 0.6) is 0 Å². The third-order valence-electron chi connectivity index (χ3n) is 3.53. The molecule has 5 nitrogen and oxygen atoms in total. The third kappa shape index (κ3) is 4.55. The molecular weight excluding hydrogens is 302 g/mol. The molecule has 0 radical (unpaired) electrons. The van der Waals surface area contributed by atoms with Crippen molar-refractivity contribution in [1.82, 2.24) is 14.9 Å². The summed E-state index contributed by atoms with van der Waals surface area (Å²) in [6.45, 7) is 1.00. The largest absolute Gasteiger partial charge is 0.392 e. The Balaban J connectivity index is 2.12. The Kier molecular flexibility index (Phi) is 6.39. The fraction of sp³-hybridized carbons (Fsp3) is 0.438. The predicted octanol–water partition coefficient (Wildman–Crippen LogP) is 2.15. The fourth-order valence-corrected chi connectivity index (χ4v) is 2.40. The molecule has 1 aromatic carbocycles. The number of methoxy groups -OCH3 is 1. The summed E-state index contributed by atoms with van der Waals surface area (Å²) >= 11 is 5.96. The molecule has 0 saturated carbocycles. The summed E-state index contributed by atoms with van der Waals surface area (Å²) in [6, 6.07) is 7.55. The molecule has 0 saturated heterocycles. The molecule has 0 fully saturated rings. The van der Waals surface area contributed by atoms with Crippen LogP contribution in [-0.2, 0) is 11.8 Å². The number of nitrogens with one attached hydrogen (secondary N) is 1. The monoisotopic (exact) mass is 323 g/mol. The number of benzene rings is 1. The van der Waals surface area contributed by atoms with Crippen LogP contribution in [0.2, 0.25) is 5.02 Å². The Morgan fingerprint density at radius 1 is 1.36 bits per heavy atom. The lowest BCUT2D eigenvalue weighted by atomic mass is 10.1. The standard InChI is InChI=1S/C16H22ClN3O2/c1-20-9-8-18-16(20)15(12-3-5-13(17)6-4-12)19-11-14(21)7-10-22-2/h3-6,8-9,14-15,19,21H,7,10-11H2,1-2H3. The summed E-state index contributed by atoms with van der Waals surface area (Å²) in [5.74, 6) is 0.890. The zero-order chi connectivity index (χ0) is 15.9.